The number of sulfone groups is 1. The minimum Gasteiger partial charge on any atom is -0.223 e. The number of halogens is 3. The van der Waals surface area contributed by atoms with Crippen molar-refractivity contribution < 1.29 is 21.6 Å². The van der Waals surface area contributed by atoms with Crippen molar-refractivity contribution in [3.8, 4) is 0 Å². The minimum atomic E-state index is -4.46. The predicted molar refractivity (Wildman–Crippen MR) is 67.6 cm³/mol. The molecule has 108 valence electrons. The van der Waals surface area contributed by atoms with Gasteiger partial charge in [0.05, 0.1) is 15.2 Å². The Bertz CT molecular complexity index is 528. The van der Waals surface area contributed by atoms with Crippen LogP contribution in [0.25, 0.3) is 0 Å². The third kappa shape index (κ3) is 3.29. The normalized spacial score (nSPS) is 13.6. The first-order chi connectivity index (χ1) is 8.52. The lowest BCUT2D eigenvalue weighted by molar-refractivity contribution is -0.137. The van der Waals surface area contributed by atoms with Crippen LogP contribution in [0.3, 0.4) is 0 Å². The summed E-state index contributed by atoms with van der Waals surface area (Å²) >= 11 is 0. The molecule has 0 radical (unpaired) electrons. The quantitative estimate of drug-likeness (QED) is 0.839. The third-order valence-electron chi connectivity index (χ3n) is 3.07. The number of hydrogen-bond donors (Lipinski definition) is 0. The van der Waals surface area contributed by atoms with Crippen molar-refractivity contribution >= 4 is 9.84 Å². The lowest BCUT2D eigenvalue weighted by atomic mass is 10.1. The number of alkyl halides is 3. The summed E-state index contributed by atoms with van der Waals surface area (Å²) in [5, 5.41) is 0. The van der Waals surface area contributed by atoms with Crippen molar-refractivity contribution in [2.75, 3.05) is 0 Å². The second kappa shape index (κ2) is 5.15. The molecule has 0 bridgehead atoms. The van der Waals surface area contributed by atoms with Gasteiger partial charge in [0, 0.05) is 0 Å². The van der Waals surface area contributed by atoms with E-state index in [1.54, 1.807) is 13.8 Å². The highest BCUT2D eigenvalue weighted by atomic mass is 32.2. The van der Waals surface area contributed by atoms with Gasteiger partial charge in [0.1, 0.15) is 0 Å². The first kappa shape index (κ1) is 16.0. The highest BCUT2D eigenvalue weighted by molar-refractivity contribution is 7.92. The zero-order valence-electron chi connectivity index (χ0n) is 11.1. The van der Waals surface area contributed by atoms with Crippen molar-refractivity contribution in [1.29, 1.82) is 0 Å². The van der Waals surface area contributed by atoms with Crippen LogP contribution in [0.5, 0.6) is 0 Å². The van der Waals surface area contributed by atoms with Gasteiger partial charge < -0.3 is 0 Å². The van der Waals surface area contributed by atoms with E-state index >= 15 is 0 Å². The standard InChI is InChI=1S/C13H17F3O2S/c1-4-9-12(2,3)19(17,18)11-7-5-10(6-8-11)13(14,15)16/h5-8H,4,9H2,1-3H3. The third-order valence-corrected chi connectivity index (χ3v) is 5.62. The Balaban J connectivity index is 3.18. The topological polar surface area (TPSA) is 34.1 Å². The lowest BCUT2D eigenvalue weighted by Crippen LogP contribution is -2.31. The monoisotopic (exact) mass is 294 g/mol. The van der Waals surface area contributed by atoms with Gasteiger partial charge in [-0.25, -0.2) is 8.42 Å². The first-order valence-electron chi connectivity index (χ1n) is 5.94. The zero-order chi connectivity index (χ0) is 14.9. The molecule has 0 atom stereocenters. The Morgan fingerprint density at radius 1 is 1.05 bits per heavy atom. The van der Waals surface area contributed by atoms with Gasteiger partial charge in [0.2, 0.25) is 0 Å². The summed E-state index contributed by atoms with van der Waals surface area (Å²) in [6.45, 7) is 5.04. The van der Waals surface area contributed by atoms with E-state index in [1.807, 2.05) is 6.92 Å². The summed E-state index contributed by atoms with van der Waals surface area (Å²) in [5.41, 5.74) is -0.847. The van der Waals surface area contributed by atoms with Gasteiger partial charge in [0.25, 0.3) is 0 Å². The van der Waals surface area contributed by atoms with Gasteiger partial charge in [-0.05, 0) is 44.5 Å². The Hall–Kier alpha value is -1.04. The van der Waals surface area contributed by atoms with Crippen molar-refractivity contribution in [2.24, 2.45) is 0 Å². The number of hydrogen-bond acceptors (Lipinski definition) is 2. The van der Waals surface area contributed by atoms with Gasteiger partial charge in [-0.2, -0.15) is 13.2 Å². The average molecular weight is 294 g/mol. The summed E-state index contributed by atoms with van der Waals surface area (Å²) in [5.74, 6) is 0. The van der Waals surface area contributed by atoms with Crippen LogP contribution in [-0.2, 0) is 16.0 Å². The maximum atomic E-state index is 12.4. The average Bonchev–Trinajstić information content (AvgIpc) is 2.27. The summed E-state index contributed by atoms with van der Waals surface area (Å²) < 4.78 is 60.9. The zero-order valence-corrected chi connectivity index (χ0v) is 11.9. The molecule has 19 heavy (non-hydrogen) atoms. The van der Waals surface area contributed by atoms with Crippen molar-refractivity contribution in [3.63, 3.8) is 0 Å². The van der Waals surface area contributed by atoms with Crippen LogP contribution in [0, 0.1) is 0 Å². The van der Waals surface area contributed by atoms with Crippen LogP contribution in [0.15, 0.2) is 29.2 Å². The van der Waals surface area contributed by atoms with E-state index in [0.717, 1.165) is 24.3 Å². The Kier molecular flexibility index (Phi) is 4.34. The fourth-order valence-electron chi connectivity index (χ4n) is 1.88. The fourth-order valence-corrected chi connectivity index (χ4v) is 3.48. The Morgan fingerprint density at radius 2 is 1.53 bits per heavy atom. The second-order valence-electron chi connectivity index (χ2n) is 5.04. The van der Waals surface area contributed by atoms with E-state index in [9.17, 15) is 21.6 Å². The van der Waals surface area contributed by atoms with E-state index < -0.39 is 26.3 Å². The van der Waals surface area contributed by atoms with Gasteiger partial charge in [0.15, 0.2) is 9.84 Å². The molecule has 0 heterocycles. The molecule has 0 unspecified atom stereocenters. The summed E-state index contributed by atoms with van der Waals surface area (Å²) in [4.78, 5) is -0.0704. The van der Waals surface area contributed by atoms with E-state index in [2.05, 4.69) is 0 Å². The van der Waals surface area contributed by atoms with Crippen LogP contribution in [0.4, 0.5) is 13.2 Å². The van der Waals surface area contributed by atoms with Crippen LogP contribution < -0.4 is 0 Å². The molecule has 0 aliphatic heterocycles. The number of rotatable bonds is 4. The second-order valence-corrected chi connectivity index (χ2v) is 7.62. The SMILES string of the molecule is CCCC(C)(C)S(=O)(=O)c1ccc(C(F)(F)F)cc1. The molecule has 0 amide bonds. The maximum Gasteiger partial charge on any atom is 0.416 e. The summed E-state index contributed by atoms with van der Waals surface area (Å²) in [6, 6.07) is 3.65. The van der Waals surface area contributed by atoms with Crippen LogP contribution >= 0.6 is 0 Å². The summed E-state index contributed by atoms with van der Waals surface area (Å²) in [6.07, 6.45) is -3.32. The van der Waals surface area contributed by atoms with E-state index in [-0.39, 0.29) is 4.90 Å². The maximum absolute atomic E-state index is 12.4. The van der Waals surface area contributed by atoms with Crippen LogP contribution in [0.2, 0.25) is 0 Å². The molecule has 0 aliphatic rings. The fraction of sp³-hybridized carbons (Fsp3) is 0.538. The molecule has 0 saturated carbocycles. The van der Waals surface area contributed by atoms with Crippen molar-refractivity contribution in [2.45, 2.75) is 49.4 Å². The first-order valence-corrected chi connectivity index (χ1v) is 7.42. The molecule has 1 aromatic carbocycles. The van der Waals surface area contributed by atoms with Gasteiger partial charge in [-0.15, -0.1) is 0 Å². The molecular formula is C13H17F3O2S. The molecule has 0 aromatic heterocycles. The van der Waals surface area contributed by atoms with Gasteiger partial charge >= 0.3 is 6.18 Å². The molecule has 0 fully saturated rings. The van der Waals surface area contributed by atoms with Crippen LogP contribution in [0.1, 0.15) is 39.2 Å². The lowest BCUT2D eigenvalue weighted by Gasteiger charge is -2.24. The highest BCUT2D eigenvalue weighted by Gasteiger charge is 2.36. The molecule has 1 aromatic rings. The Labute approximate surface area is 111 Å². The Morgan fingerprint density at radius 3 is 1.89 bits per heavy atom. The van der Waals surface area contributed by atoms with Gasteiger partial charge in [-0.3, -0.25) is 0 Å². The molecule has 6 heteroatoms. The molecule has 0 N–H and O–H groups in total. The highest BCUT2D eigenvalue weighted by Crippen LogP contribution is 2.33. The molecule has 2 nitrogen and oxygen atoms in total. The van der Waals surface area contributed by atoms with E-state index in [0.29, 0.717) is 12.8 Å². The number of benzene rings is 1. The van der Waals surface area contributed by atoms with Crippen LogP contribution in [-0.4, -0.2) is 13.2 Å². The van der Waals surface area contributed by atoms with Crippen molar-refractivity contribution in [1.82, 2.24) is 0 Å². The van der Waals surface area contributed by atoms with Crippen molar-refractivity contribution in [3.05, 3.63) is 29.8 Å². The smallest absolute Gasteiger partial charge is 0.223 e. The largest absolute Gasteiger partial charge is 0.416 e. The predicted octanol–water partition coefficient (Wildman–Crippen LogP) is 4.06. The molecule has 0 saturated heterocycles. The van der Waals surface area contributed by atoms with E-state index in [4.69, 9.17) is 0 Å². The summed E-state index contributed by atoms with van der Waals surface area (Å²) in [7, 11) is -3.63. The van der Waals surface area contributed by atoms with Gasteiger partial charge in [-0.1, -0.05) is 13.3 Å². The molecule has 0 aliphatic carbocycles. The van der Waals surface area contributed by atoms with E-state index in [1.165, 1.54) is 0 Å². The molecule has 0 spiro atoms. The minimum absolute atomic E-state index is 0.0704. The molecular weight excluding hydrogens is 277 g/mol. The molecule has 1 rings (SSSR count).